The summed E-state index contributed by atoms with van der Waals surface area (Å²) in [6.07, 6.45) is 1.38. The molecule has 0 saturated carbocycles. The van der Waals surface area contributed by atoms with Gasteiger partial charge in [-0.05, 0) is 73.0 Å². The summed E-state index contributed by atoms with van der Waals surface area (Å²) in [7, 11) is -0.245. The Morgan fingerprint density at radius 2 is 1.84 bits per heavy atom. The lowest BCUT2D eigenvalue weighted by Gasteiger charge is -2.27. The highest BCUT2D eigenvalue weighted by molar-refractivity contribution is 7.89. The van der Waals surface area contributed by atoms with Gasteiger partial charge in [0, 0.05) is 45.2 Å². The molecule has 0 spiro atoms. The van der Waals surface area contributed by atoms with E-state index in [9.17, 15) is 17.6 Å². The third-order valence-electron chi connectivity index (χ3n) is 6.17. The number of benzene rings is 3. The van der Waals surface area contributed by atoms with Gasteiger partial charge >= 0.3 is 0 Å². The number of nitrogens with one attached hydrogen (secondary N) is 1. The molecule has 1 aliphatic rings. The Hall–Kier alpha value is -2.98. The summed E-state index contributed by atoms with van der Waals surface area (Å²) in [6, 6.07) is 16.9. The number of sulfonamides is 1. The lowest BCUT2D eigenvalue weighted by atomic mass is 10.1. The second kappa shape index (κ2) is 11.6. The fourth-order valence-electron chi connectivity index (χ4n) is 4.28. The van der Waals surface area contributed by atoms with Crippen molar-refractivity contribution in [1.29, 1.82) is 0 Å². The zero-order valence-corrected chi connectivity index (χ0v) is 22.2. The van der Waals surface area contributed by atoms with Crippen LogP contribution in [0.4, 0.5) is 15.8 Å². The van der Waals surface area contributed by atoms with E-state index in [0.717, 1.165) is 30.7 Å². The number of rotatable bonds is 9. The molecule has 0 aliphatic carbocycles. The van der Waals surface area contributed by atoms with Crippen molar-refractivity contribution in [2.75, 3.05) is 37.5 Å². The molecule has 7 nitrogen and oxygen atoms in total. The van der Waals surface area contributed by atoms with Gasteiger partial charge in [0.25, 0.3) is 5.91 Å². The third-order valence-corrected chi connectivity index (χ3v) is 8.32. The van der Waals surface area contributed by atoms with Gasteiger partial charge in [0.15, 0.2) is 0 Å². The van der Waals surface area contributed by atoms with Gasteiger partial charge in [-0.25, -0.2) is 12.8 Å². The van der Waals surface area contributed by atoms with Gasteiger partial charge in [0.1, 0.15) is 5.82 Å². The first kappa shape index (κ1) is 27.1. The van der Waals surface area contributed by atoms with Crippen molar-refractivity contribution in [3.63, 3.8) is 0 Å². The number of ether oxygens (including phenoxy) is 1. The predicted octanol–water partition coefficient (Wildman–Crippen LogP) is 5.17. The quantitative estimate of drug-likeness (QED) is 0.401. The van der Waals surface area contributed by atoms with Crippen LogP contribution in [-0.4, -0.2) is 52.0 Å². The number of carbonyl (C=O) groups excluding carboxylic acids is 1. The SMILES string of the molecule is CN(C)c1ccc(NC(=O)c2ccccc2Cl)cc1CN(CC1CCCO1)S(=O)(=O)c1ccc(F)cc1. The Morgan fingerprint density at radius 1 is 1.11 bits per heavy atom. The minimum atomic E-state index is -3.97. The number of hydrogen-bond donors (Lipinski definition) is 1. The average molecular weight is 546 g/mol. The Balaban J connectivity index is 1.67. The van der Waals surface area contributed by atoms with E-state index < -0.39 is 15.8 Å². The highest BCUT2D eigenvalue weighted by Gasteiger charge is 2.30. The molecular formula is C27H29ClFN3O4S. The number of carbonyl (C=O) groups is 1. The molecule has 10 heteroatoms. The molecule has 0 radical (unpaired) electrons. The van der Waals surface area contributed by atoms with Gasteiger partial charge in [-0.2, -0.15) is 4.31 Å². The molecule has 1 N–H and O–H groups in total. The second-order valence-electron chi connectivity index (χ2n) is 9.06. The van der Waals surface area contributed by atoms with Gasteiger partial charge in [0.2, 0.25) is 10.0 Å². The minimum Gasteiger partial charge on any atom is -0.377 e. The van der Waals surface area contributed by atoms with Crippen LogP contribution in [0.25, 0.3) is 0 Å². The molecule has 0 bridgehead atoms. The van der Waals surface area contributed by atoms with Crippen LogP contribution in [0.15, 0.2) is 71.6 Å². The first-order valence-corrected chi connectivity index (χ1v) is 13.7. The van der Waals surface area contributed by atoms with Gasteiger partial charge in [-0.15, -0.1) is 0 Å². The third kappa shape index (κ3) is 6.48. The van der Waals surface area contributed by atoms with Gasteiger partial charge in [-0.3, -0.25) is 4.79 Å². The fraction of sp³-hybridized carbons (Fsp3) is 0.296. The Bertz CT molecular complexity index is 1360. The van der Waals surface area contributed by atoms with Crippen LogP contribution in [0.1, 0.15) is 28.8 Å². The van der Waals surface area contributed by atoms with E-state index in [4.69, 9.17) is 16.3 Å². The van der Waals surface area contributed by atoms with Crippen molar-refractivity contribution in [3.05, 3.63) is 88.7 Å². The lowest BCUT2D eigenvalue weighted by molar-refractivity contribution is 0.0926. The zero-order valence-electron chi connectivity index (χ0n) is 20.7. The molecule has 3 aromatic rings. The molecular weight excluding hydrogens is 517 g/mol. The topological polar surface area (TPSA) is 79.0 Å². The Morgan fingerprint density at radius 3 is 2.49 bits per heavy atom. The minimum absolute atomic E-state index is 0.00137. The summed E-state index contributed by atoms with van der Waals surface area (Å²) in [4.78, 5) is 14.7. The van der Waals surface area contributed by atoms with Gasteiger partial charge in [-0.1, -0.05) is 23.7 Å². The fourth-order valence-corrected chi connectivity index (χ4v) is 5.95. The number of nitrogens with zero attached hydrogens (tertiary/aromatic N) is 2. The molecule has 1 fully saturated rings. The first-order chi connectivity index (χ1) is 17.6. The highest BCUT2D eigenvalue weighted by atomic mass is 35.5. The van der Waals surface area contributed by atoms with Crippen LogP contribution in [0.2, 0.25) is 5.02 Å². The van der Waals surface area contributed by atoms with Crippen LogP contribution in [0.5, 0.6) is 0 Å². The summed E-state index contributed by atoms with van der Waals surface area (Å²) in [5, 5.41) is 3.18. The summed E-state index contributed by atoms with van der Waals surface area (Å²) < 4.78 is 47.9. The number of hydrogen-bond acceptors (Lipinski definition) is 5. The first-order valence-electron chi connectivity index (χ1n) is 11.9. The van der Waals surface area contributed by atoms with Crippen molar-refractivity contribution in [1.82, 2.24) is 4.31 Å². The van der Waals surface area contributed by atoms with Gasteiger partial charge in [0.05, 0.1) is 21.6 Å². The maximum absolute atomic E-state index is 13.7. The standard InChI is InChI=1S/C27H29ClFN3O4S/c1-31(2)26-14-11-21(30-27(33)24-7-3-4-8-25(24)28)16-19(26)17-32(18-22-6-5-15-36-22)37(34,35)23-12-9-20(29)10-13-23/h3-4,7-14,16,22H,5-6,15,17-18H2,1-2H3,(H,30,33). The Labute approximate surface area is 221 Å². The van der Waals surface area contributed by atoms with E-state index >= 15 is 0 Å². The van der Waals surface area contributed by atoms with E-state index in [2.05, 4.69) is 5.32 Å². The molecule has 196 valence electrons. The largest absolute Gasteiger partial charge is 0.377 e. The summed E-state index contributed by atoms with van der Waals surface area (Å²) in [5.41, 5.74) is 2.32. The zero-order chi connectivity index (χ0) is 26.6. The van der Waals surface area contributed by atoms with Crippen molar-refractivity contribution < 1.29 is 22.3 Å². The van der Waals surface area contributed by atoms with Crippen LogP contribution < -0.4 is 10.2 Å². The average Bonchev–Trinajstić information content (AvgIpc) is 3.37. The lowest BCUT2D eigenvalue weighted by Crippen LogP contribution is -2.37. The molecule has 1 aliphatic heterocycles. The highest BCUT2D eigenvalue weighted by Crippen LogP contribution is 2.29. The van der Waals surface area contributed by atoms with E-state index in [1.165, 1.54) is 16.4 Å². The summed E-state index contributed by atoms with van der Waals surface area (Å²) >= 11 is 6.18. The van der Waals surface area contributed by atoms with Crippen molar-refractivity contribution >= 4 is 38.9 Å². The van der Waals surface area contributed by atoms with Crippen molar-refractivity contribution in [2.45, 2.75) is 30.4 Å². The van der Waals surface area contributed by atoms with Crippen LogP contribution in [-0.2, 0) is 21.3 Å². The maximum atomic E-state index is 13.7. The molecule has 1 atom stereocenters. The van der Waals surface area contributed by atoms with E-state index in [1.807, 2.05) is 25.1 Å². The molecule has 1 heterocycles. The monoisotopic (exact) mass is 545 g/mol. The normalized spacial score (nSPS) is 15.6. The molecule has 1 saturated heterocycles. The molecule has 3 aromatic carbocycles. The number of amides is 1. The molecule has 1 unspecified atom stereocenters. The molecule has 4 rings (SSSR count). The van der Waals surface area contributed by atoms with E-state index in [-0.39, 0.29) is 30.0 Å². The Kier molecular flexibility index (Phi) is 8.49. The van der Waals surface area contributed by atoms with Crippen molar-refractivity contribution in [3.8, 4) is 0 Å². The number of anilines is 2. The molecule has 0 aromatic heterocycles. The maximum Gasteiger partial charge on any atom is 0.257 e. The van der Waals surface area contributed by atoms with Gasteiger partial charge < -0.3 is 15.0 Å². The van der Waals surface area contributed by atoms with Crippen LogP contribution in [0.3, 0.4) is 0 Å². The molecule has 37 heavy (non-hydrogen) atoms. The number of halogens is 2. The van der Waals surface area contributed by atoms with Crippen LogP contribution >= 0.6 is 11.6 Å². The van der Waals surface area contributed by atoms with Crippen LogP contribution in [0, 0.1) is 5.82 Å². The molecule has 1 amide bonds. The smallest absolute Gasteiger partial charge is 0.257 e. The summed E-state index contributed by atoms with van der Waals surface area (Å²) in [6.45, 7) is 0.771. The summed E-state index contributed by atoms with van der Waals surface area (Å²) in [5.74, 6) is -0.884. The second-order valence-corrected chi connectivity index (χ2v) is 11.4. The van der Waals surface area contributed by atoms with E-state index in [1.54, 1.807) is 36.4 Å². The predicted molar refractivity (Wildman–Crippen MR) is 143 cm³/mol. The van der Waals surface area contributed by atoms with Crippen molar-refractivity contribution in [2.24, 2.45) is 0 Å². The van der Waals surface area contributed by atoms with E-state index in [0.29, 0.717) is 28.4 Å².